The quantitative estimate of drug-likeness (QED) is 0.906. The first kappa shape index (κ1) is 14.0. The van der Waals surface area contributed by atoms with Gasteiger partial charge >= 0.3 is 0 Å². The molecular formula is C15H24N2O2. The van der Waals surface area contributed by atoms with Gasteiger partial charge in [-0.3, -0.25) is 0 Å². The van der Waals surface area contributed by atoms with E-state index in [0.29, 0.717) is 6.04 Å². The molecule has 106 valence electrons. The molecule has 1 heterocycles. The third-order valence-corrected chi connectivity index (χ3v) is 3.71. The second kappa shape index (κ2) is 6.15. The van der Waals surface area contributed by atoms with Crippen LogP contribution in [0.1, 0.15) is 18.4 Å². The van der Waals surface area contributed by atoms with Crippen molar-refractivity contribution in [2.75, 3.05) is 39.7 Å². The van der Waals surface area contributed by atoms with E-state index in [1.165, 1.54) is 24.9 Å². The Hall–Kier alpha value is -1.42. The molecule has 1 fully saturated rings. The van der Waals surface area contributed by atoms with E-state index in [0.717, 1.165) is 23.7 Å². The Morgan fingerprint density at radius 1 is 1.21 bits per heavy atom. The van der Waals surface area contributed by atoms with Crippen LogP contribution in [-0.4, -0.2) is 45.3 Å². The number of aryl methyl sites for hydroxylation is 1. The lowest BCUT2D eigenvalue weighted by Crippen LogP contribution is -2.39. The van der Waals surface area contributed by atoms with Crippen LogP contribution < -0.4 is 14.8 Å². The summed E-state index contributed by atoms with van der Waals surface area (Å²) in [6.07, 6.45) is 2.47. The molecule has 4 heteroatoms. The zero-order chi connectivity index (χ0) is 13.8. The first-order chi connectivity index (χ1) is 9.13. The minimum Gasteiger partial charge on any atom is -0.493 e. The molecule has 1 aromatic carbocycles. The number of nitrogens with one attached hydrogen (secondary N) is 1. The summed E-state index contributed by atoms with van der Waals surface area (Å²) >= 11 is 0. The van der Waals surface area contributed by atoms with Crippen molar-refractivity contribution in [3.8, 4) is 11.5 Å². The maximum Gasteiger partial charge on any atom is 0.162 e. The number of likely N-dealkylation sites (tertiary alicyclic amines) is 1. The van der Waals surface area contributed by atoms with E-state index in [1.54, 1.807) is 14.2 Å². The third kappa shape index (κ3) is 3.32. The maximum atomic E-state index is 5.37. The number of hydrogen-bond donors (Lipinski definition) is 1. The fraction of sp³-hybridized carbons (Fsp3) is 0.600. The molecule has 1 saturated heterocycles. The summed E-state index contributed by atoms with van der Waals surface area (Å²) in [6, 6.07) is 4.56. The summed E-state index contributed by atoms with van der Waals surface area (Å²) in [7, 11) is 5.52. The molecule has 1 N–H and O–H groups in total. The number of anilines is 1. The summed E-state index contributed by atoms with van der Waals surface area (Å²) in [5.74, 6) is 1.56. The number of methoxy groups -OCH3 is 2. The molecule has 1 aliphatic rings. The molecule has 0 saturated carbocycles. The molecular weight excluding hydrogens is 240 g/mol. The molecule has 0 aromatic heterocycles. The first-order valence-electron chi connectivity index (χ1n) is 6.81. The molecule has 2 rings (SSSR count). The van der Waals surface area contributed by atoms with Crippen molar-refractivity contribution >= 4 is 5.69 Å². The number of benzene rings is 1. The Kier molecular flexibility index (Phi) is 4.53. The second-order valence-corrected chi connectivity index (χ2v) is 5.27. The van der Waals surface area contributed by atoms with Crippen LogP contribution in [-0.2, 0) is 0 Å². The summed E-state index contributed by atoms with van der Waals surface area (Å²) in [5.41, 5.74) is 2.32. The minimum atomic E-state index is 0.510. The van der Waals surface area contributed by atoms with Crippen LogP contribution >= 0.6 is 0 Å². The van der Waals surface area contributed by atoms with E-state index in [2.05, 4.69) is 24.2 Å². The highest BCUT2D eigenvalue weighted by atomic mass is 16.5. The number of ether oxygens (including phenoxy) is 2. The molecule has 19 heavy (non-hydrogen) atoms. The molecule has 0 bridgehead atoms. The number of piperidine rings is 1. The minimum absolute atomic E-state index is 0.510. The predicted octanol–water partition coefficient (Wildman–Crippen LogP) is 2.52. The summed E-state index contributed by atoms with van der Waals surface area (Å²) in [6.45, 7) is 4.38. The van der Waals surface area contributed by atoms with E-state index < -0.39 is 0 Å². The van der Waals surface area contributed by atoms with Crippen LogP contribution in [0.15, 0.2) is 12.1 Å². The van der Waals surface area contributed by atoms with Gasteiger partial charge in [0.2, 0.25) is 0 Å². The Bertz CT molecular complexity index is 434. The lowest BCUT2D eigenvalue weighted by molar-refractivity contribution is 0.261. The van der Waals surface area contributed by atoms with Crippen LogP contribution in [0.2, 0.25) is 0 Å². The van der Waals surface area contributed by atoms with E-state index in [-0.39, 0.29) is 0 Å². The van der Waals surface area contributed by atoms with Gasteiger partial charge in [-0.15, -0.1) is 0 Å². The Morgan fingerprint density at radius 3 is 2.53 bits per heavy atom. The molecule has 1 aliphatic heterocycles. The van der Waals surface area contributed by atoms with Crippen molar-refractivity contribution in [2.45, 2.75) is 25.8 Å². The highest BCUT2D eigenvalue weighted by Gasteiger charge is 2.18. The average molecular weight is 264 g/mol. The van der Waals surface area contributed by atoms with Crippen LogP contribution in [0, 0.1) is 6.92 Å². The molecule has 0 spiro atoms. The van der Waals surface area contributed by atoms with Gasteiger partial charge in [0.05, 0.1) is 14.2 Å². The molecule has 0 radical (unpaired) electrons. The third-order valence-electron chi connectivity index (χ3n) is 3.71. The molecule has 0 aliphatic carbocycles. The number of nitrogens with zero attached hydrogens (tertiary/aromatic N) is 1. The summed E-state index contributed by atoms with van der Waals surface area (Å²) < 4.78 is 10.7. The lowest BCUT2D eigenvalue weighted by atomic mass is 10.0. The van der Waals surface area contributed by atoms with Gasteiger partial charge < -0.3 is 19.7 Å². The highest BCUT2D eigenvalue weighted by Crippen LogP contribution is 2.33. The SMILES string of the molecule is COc1cc(C)c(NC2CCCN(C)C2)cc1OC. The van der Waals surface area contributed by atoms with Gasteiger partial charge in [0.1, 0.15) is 0 Å². The molecule has 1 unspecified atom stereocenters. The molecule has 1 aromatic rings. The smallest absolute Gasteiger partial charge is 0.162 e. The van der Waals surface area contributed by atoms with Gasteiger partial charge in [-0.2, -0.15) is 0 Å². The summed E-state index contributed by atoms with van der Waals surface area (Å²) in [4.78, 5) is 2.37. The van der Waals surface area contributed by atoms with Crippen molar-refractivity contribution < 1.29 is 9.47 Å². The van der Waals surface area contributed by atoms with Gasteiger partial charge in [-0.1, -0.05) is 0 Å². The fourth-order valence-corrected chi connectivity index (χ4v) is 2.64. The van der Waals surface area contributed by atoms with Crippen molar-refractivity contribution in [1.29, 1.82) is 0 Å². The van der Waals surface area contributed by atoms with Crippen LogP contribution in [0.5, 0.6) is 11.5 Å². The van der Waals surface area contributed by atoms with Gasteiger partial charge in [0.25, 0.3) is 0 Å². The van der Waals surface area contributed by atoms with E-state index in [4.69, 9.17) is 9.47 Å². The first-order valence-corrected chi connectivity index (χ1v) is 6.81. The number of hydrogen-bond acceptors (Lipinski definition) is 4. The Morgan fingerprint density at radius 2 is 1.89 bits per heavy atom. The Labute approximate surface area is 115 Å². The largest absolute Gasteiger partial charge is 0.493 e. The zero-order valence-corrected chi connectivity index (χ0v) is 12.3. The molecule has 4 nitrogen and oxygen atoms in total. The number of likely N-dealkylation sites (N-methyl/N-ethyl adjacent to an activating group) is 1. The highest BCUT2D eigenvalue weighted by molar-refractivity contribution is 5.60. The fourth-order valence-electron chi connectivity index (χ4n) is 2.64. The van der Waals surface area contributed by atoms with Crippen molar-refractivity contribution in [2.24, 2.45) is 0 Å². The Balaban J connectivity index is 2.15. The van der Waals surface area contributed by atoms with Crippen LogP contribution in [0.4, 0.5) is 5.69 Å². The topological polar surface area (TPSA) is 33.7 Å². The van der Waals surface area contributed by atoms with Crippen LogP contribution in [0.3, 0.4) is 0 Å². The van der Waals surface area contributed by atoms with Gasteiger partial charge in [0.15, 0.2) is 11.5 Å². The van der Waals surface area contributed by atoms with Gasteiger partial charge in [-0.25, -0.2) is 0 Å². The van der Waals surface area contributed by atoms with E-state index in [9.17, 15) is 0 Å². The normalized spacial score (nSPS) is 20.1. The zero-order valence-electron chi connectivity index (χ0n) is 12.3. The summed E-state index contributed by atoms with van der Waals surface area (Å²) in [5, 5.41) is 3.63. The molecule has 0 amide bonds. The standard InChI is InChI=1S/C15H24N2O2/c1-11-8-14(18-3)15(19-4)9-13(11)16-12-6-5-7-17(2)10-12/h8-9,12,16H,5-7,10H2,1-4H3. The van der Waals surface area contributed by atoms with Gasteiger partial charge in [0, 0.05) is 24.3 Å². The number of rotatable bonds is 4. The predicted molar refractivity (Wildman–Crippen MR) is 78.4 cm³/mol. The monoisotopic (exact) mass is 264 g/mol. The van der Waals surface area contributed by atoms with E-state index in [1.807, 2.05) is 12.1 Å². The molecule has 1 atom stereocenters. The van der Waals surface area contributed by atoms with Crippen molar-refractivity contribution in [1.82, 2.24) is 4.90 Å². The maximum absolute atomic E-state index is 5.37. The van der Waals surface area contributed by atoms with Gasteiger partial charge in [-0.05, 0) is 45.0 Å². The average Bonchev–Trinajstić information content (AvgIpc) is 2.40. The van der Waals surface area contributed by atoms with E-state index >= 15 is 0 Å². The van der Waals surface area contributed by atoms with Crippen molar-refractivity contribution in [3.63, 3.8) is 0 Å². The van der Waals surface area contributed by atoms with Crippen LogP contribution in [0.25, 0.3) is 0 Å². The van der Waals surface area contributed by atoms with Crippen molar-refractivity contribution in [3.05, 3.63) is 17.7 Å². The second-order valence-electron chi connectivity index (χ2n) is 5.27. The lowest BCUT2D eigenvalue weighted by Gasteiger charge is -2.31.